The standard InChI is InChI=1S/C42H38O8.C38H28N2O4.C20H17NO2/c1-3-47-39(43)37(27-25-35(31-17-9-5-10-18-31)32-19-11-6-12-20-32)41(45)49-29-30-50-42(46)38(40(44)48-4-2)28-26-36(33-21-13-7-14-22-33)34-23-15-8-16-24-34;39-27-33(21-23-35(29-13-5-1-6-14-29)30-15-7-2-8-16-30)37(41)43-25-26-44-38(42)34(28-40)22-24-36(31-17-9-3-10-18-31)32-19-11-4-12-20-32;1-2-23-20(22)18(15-21)13-14-19(16-9-5-3-6-10-16)17-11-7-4-8-12-17/h5-28H,3-4,29-30H2,1-2H3;1-24H,25-26H2;3-14H,2H2,1H3/b37-27-,38-28-;33-21-,34-22-;18-13+. The van der Waals surface area contributed by atoms with Crippen molar-refractivity contribution >= 4 is 69.7 Å². The van der Waals surface area contributed by atoms with Crippen molar-refractivity contribution in [3.05, 3.63) is 448 Å². The van der Waals surface area contributed by atoms with Gasteiger partial charge in [0.15, 0.2) is 0 Å². The predicted octanol–water partition coefficient (Wildman–Crippen LogP) is 18.7. The Kier molecular flexibility index (Phi) is 36.3. The molecule has 0 aromatic heterocycles. The molecule has 0 saturated heterocycles. The van der Waals surface area contributed by atoms with Gasteiger partial charge in [-0.1, -0.05) is 334 Å². The maximum absolute atomic E-state index is 13.1. The summed E-state index contributed by atoms with van der Waals surface area (Å²) in [4.78, 5) is 88.7. The average Bonchev–Trinajstić information content (AvgIpc) is 0.865. The van der Waals surface area contributed by atoms with Crippen LogP contribution in [0.3, 0.4) is 0 Å². The number of ether oxygens (including phenoxy) is 7. The van der Waals surface area contributed by atoms with Crippen LogP contribution in [0, 0.1) is 34.0 Å². The van der Waals surface area contributed by atoms with Crippen LogP contribution in [0.1, 0.15) is 76.4 Å². The molecule has 117 heavy (non-hydrogen) atoms. The van der Waals surface area contributed by atoms with E-state index in [0.717, 1.165) is 83.5 Å². The second-order valence-electron chi connectivity index (χ2n) is 24.5. The van der Waals surface area contributed by atoms with E-state index in [4.69, 9.17) is 38.4 Å². The molecule has 10 aromatic rings. The Bertz CT molecular complexity index is 4950. The van der Waals surface area contributed by atoms with E-state index in [1.165, 1.54) is 30.4 Å². The van der Waals surface area contributed by atoms with Gasteiger partial charge in [0.1, 0.15) is 72.5 Å². The fourth-order valence-corrected chi connectivity index (χ4v) is 11.2. The molecule has 0 unspecified atom stereocenters. The molecular weight excluding hydrogens is 1470 g/mol. The lowest BCUT2D eigenvalue weighted by Gasteiger charge is -2.11. The van der Waals surface area contributed by atoms with Crippen LogP contribution < -0.4 is 0 Å². The van der Waals surface area contributed by atoms with Gasteiger partial charge < -0.3 is 33.2 Å². The molecule has 0 aliphatic carbocycles. The Morgan fingerprint density at radius 3 is 0.530 bits per heavy atom. The van der Waals surface area contributed by atoms with Gasteiger partial charge in [-0.25, -0.2) is 33.6 Å². The molecule has 10 aromatic carbocycles. The predicted molar refractivity (Wildman–Crippen MR) is 451 cm³/mol. The van der Waals surface area contributed by atoms with E-state index in [1.807, 2.05) is 322 Å². The first-order chi connectivity index (χ1) is 57.3. The number of hydrogen-bond acceptors (Lipinski definition) is 17. The zero-order valence-corrected chi connectivity index (χ0v) is 64.6. The smallest absolute Gasteiger partial charge is 0.349 e. The third-order valence-corrected chi connectivity index (χ3v) is 16.8. The summed E-state index contributed by atoms with van der Waals surface area (Å²) in [5, 5.41) is 28.3. The first-order valence-corrected chi connectivity index (χ1v) is 37.3. The molecule has 0 aliphatic rings. The van der Waals surface area contributed by atoms with E-state index < -0.39 is 41.8 Å². The molecule has 0 fully saturated rings. The lowest BCUT2D eigenvalue weighted by atomic mass is 9.97. The molecule has 10 rings (SSSR count). The van der Waals surface area contributed by atoms with Gasteiger partial charge in [0.2, 0.25) is 0 Å². The summed E-state index contributed by atoms with van der Waals surface area (Å²) in [6.45, 7) is 3.95. The fourth-order valence-electron chi connectivity index (χ4n) is 11.2. The van der Waals surface area contributed by atoms with Gasteiger partial charge in [-0.15, -0.1) is 0 Å². The third-order valence-electron chi connectivity index (χ3n) is 16.8. The zero-order valence-electron chi connectivity index (χ0n) is 64.6. The van der Waals surface area contributed by atoms with Crippen LogP contribution >= 0.6 is 0 Å². The van der Waals surface area contributed by atoms with E-state index in [-0.39, 0.29) is 74.1 Å². The topological polar surface area (TPSA) is 255 Å². The average molecular weight is 1550 g/mol. The van der Waals surface area contributed by atoms with Crippen molar-refractivity contribution in [1.29, 1.82) is 15.8 Å². The highest BCUT2D eigenvalue weighted by molar-refractivity contribution is 6.15. The van der Waals surface area contributed by atoms with Gasteiger partial charge >= 0.3 is 41.8 Å². The van der Waals surface area contributed by atoms with Crippen LogP contribution in [0.25, 0.3) is 27.9 Å². The molecular formula is C100H83N3O14. The number of allylic oxidation sites excluding steroid dienone is 10. The lowest BCUT2D eigenvalue weighted by Crippen LogP contribution is -2.22. The SMILES string of the molecule is CCOC(=O)/C(=C/C=C(c1ccccc1)c1ccccc1)C(=O)OCCOC(=O)/C(=C\C=C(c1ccccc1)c1ccccc1)C(=O)OCC.CCOC(=O)/C(C#N)=C/C=C(c1ccccc1)c1ccccc1.N#C/C(=C/C=C(c1ccccc1)c1ccccc1)C(=O)OCCOC(=O)/C(C#N)=C\C=C(c1ccccc1)c1ccccc1. The Hall–Kier alpha value is -15.6. The molecule has 0 amide bonds. The Morgan fingerprint density at radius 1 is 0.214 bits per heavy atom. The van der Waals surface area contributed by atoms with Crippen LogP contribution in [0.15, 0.2) is 392 Å². The highest BCUT2D eigenvalue weighted by Gasteiger charge is 2.24. The molecule has 0 bridgehead atoms. The van der Waals surface area contributed by atoms with Gasteiger partial charge in [-0.2, -0.15) is 15.8 Å². The van der Waals surface area contributed by atoms with Crippen LogP contribution in [-0.2, 0) is 66.7 Å². The fraction of sp³-hybridized carbons (Fsp3) is 0.100. The Morgan fingerprint density at radius 2 is 0.359 bits per heavy atom. The summed E-state index contributed by atoms with van der Waals surface area (Å²) < 4.78 is 36.1. The van der Waals surface area contributed by atoms with Crippen LogP contribution in [-0.4, -0.2) is 88.0 Å². The maximum Gasteiger partial charge on any atom is 0.349 e. The summed E-state index contributed by atoms with van der Waals surface area (Å²) in [7, 11) is 0. The minimum atomic E-state index is -0.962. The number of hydrogen-bond donors (Lipinski definition) is 0. The largest absolute Gasteiger partial charge is 0.462 e. The van der Waals surface area contributed by atoms with Gasteiger partial charge in [0.05, 0.1) is 19.8 Å². The van der Waals surface area contributed by atoms with Crippen molar-refractivity contribution in [2.24, 2.45) is 0 Å². The minimum absolute atomic E-state index is 0.0174. The van der Waals surface area contributed by atoms with Crippen molar-refractivity contribution in [3.63, 3.8) is 0 Å². The van der Waals surface area contributed by atoms with Gasteiger partial charge in [-0.05, 0) is 135 Å². The van der Waals surface area contributed by atoms with Gasteiger partial charge in [0, 0.05) is 0 Å². The summed E-state index contributed by atoms with van der Waals surface area (Å²) in [5.74, 6) is -5.96. The number of rotatable bonds is 31. The first-order valence-electron chi connectivity index (χ1n) is 37.3. The molecule has 0 saturated carbocycles. The summed E-state index contributed by atoms with van der Waals surface area (Å²) in [6.07, 6.45) is 15.5. The molecule has 0 radical (unpaired) electrons. The van der Waals surface area contributed by atoms with E-state index in [1.54, 1.807) is 51.2 Å². The van der Waals surface area contributed by atoms with Gasteiger partial charge in [-0.3, -0.25) is 0 Å². The van der Waals surface area contributed by atoms with Crippen molar-refractivity contribution in [2.45, 2.75) is 20.8 Å². The number of nitrogens with zero attached hydrogens (tertiary/aromatic N) is 3. The second-order valence-corrected chi connectivity index (χ2v) is 24.5. The monoisotopic (exact) mass is 1550 g/mol. The molecule has 0 N–H and O–H groups in total. The molecule has 0 atom stereocenters. The molecule has 0 spiro atoms. The summed E-state index contributed by atoms with van der Waals surface area (Å²) in [6, 6.07) is 102. The van der Waals surface area contributed by atoms with Crippen LogP contribution in [0.2, 0.25) is 0 Å². The highest BCUT2D eigenvalue weighted by Crippen LogP contribution is 2.29. The van der Waals surface area contributed by atoms with E-state index >= 15 is 0 Å². The zero-order chi connectivity index (χ0) is 83.0. The summed E-state index contributed by atoms with van der Waals surface area (Å²) >= 11 is 0. The van der Waals surface area contributed by atoms with Crippen molar-refractivity contribution < 1.29 is 66.7 Å². The normalized spacial score (nSPS) is 10.9. The van der Waals surface area contributed by atoms with E-state index in [0.29, 0.717) is 0 Å². The number of carbonyl (C=O) groups is 7. The van der Waals surface area contributed by atoms with E-state index in [9.17, 15) is 44.1 Å². The number of nitriles is 3. The number of esters is 7. The highest BCUT2D eigenvalue weighted by atomic mass is 16.6. The van der Waals surface area contributed by atoms with Crippen molar-refractivity contribution in [3.8, 4) is 18.2 Å². The molecule has 17 heteroatoms. The third kappa shape index (κ3) is 28.0. The van der Waals surface area contributed by atoms with Crippen molar-refractivity contribution in [1.82, 2.24) is 0 Å². The molecule has 17 nitrogen and oxygen atoms in total. The molecule has 0 heterocycles. The molecule has 0 aliphatic heterocycles. The van der Waals surface area contributed by atoms with E-state index in [2.05, 4.69) is 0 Å². The number of carbonyl (C=O) groups excluding carboxylic acids is 7. The number of benzene rings is 10. The van der Waals surface area contributed by atoms with Crippen LogP contribution in [0.4, 0.5) is 0 Å². The Labute approximate surface area is 681 Å². The van der Waals surface area contributed by atoms with Gasteiger partial charge in [0.25, 0.3) is 0 Å². The van der Waals surface area contributed by atoms with Crippen molar-refractivity contribution in [2.75, 3.05) is 46.2 Å². The summed E-state index contributed by atoms with van der Waals surface area (Å²) in [5.41, 5.74) is 12.2. The first kappa shape index (κ1) is 86.9. The quantitative estimate of drug-likeness (QED) is 0.00572. The lowest BCUT2D eigenvalue weighted by molar-refractivity contribution is -0.153. The maximum atomic E-state index is 13.1. The minimum Gasteiger partial charge on any atom is -0.462 e. The molecule has 582 valence electrons. The van der Waals surface area contributed by atoms with Crippen LogP contribution in [0.5, 0.6) is 0 Å². The Balaban J connectivity index is 0.000000233. The second kappa shape index (κ2) is 48.9.